The van der Waals surface area contributed by atoms with Crippen LogP contribution in [-0.2, 0) is 4.74 Å². The summed E-state index contributed by atoms with van der Waals surface area (Å²) in [6.07, 6.45) is 0.0941. The monoisotopic (exact) mass is 288 g/mol. The number of carbonyl (C=O) groups excluding carboxylic acids is 1. The van der Waals surface area contributed by atoms with Gasteiger partial charge in [-0.15, -0.1) is 0 Å². The number of carbonyl (C=O) groups is 1. The standard InChI is InChI=1S/C15H32N2O3/c1-11(2)13(9-16-8-7-12(3)18)10-17-14(19)20-15(4,5)6/h11-13,16,18H,7-10H2,1-6H3,(H,17,19). The average Bonchev–Trinajstić information content (AvgIpc) is 2.24. The molecule has 0 aliphatic heterocycles. The maximum atomic E-state index is 11.6. The van der Waals surface area contributed by atoms with Gasteiger partial charge in [0.2, 0.25) is 0 Å². The van der Waals surface area contributed by atoms with E-state index in [0.29, 0.717) is 18.4 Å². The predicted octanol–water partition coefficient (Wildman–Crippen LogP) is 2.14. The SMILES string of the molecule is CC(O)CCNCC(CNC(=O)OC(C)(C)C)C(C)C. The summed E-state index contributed by atoms with van der Waals surface area (Å²) in [5.41, 5.74) is -0.465. The quantitative estimate of drug-likeness (QED) is 0.599. The number of aliphatic hydroxyl groups is 1. The highest BCUT2D eigenvalue weighted by atomic mass is 16.6. The lowest BCUT2D eigenvalue weighted by atomic mass is 9.95. The van der Waals surface area contributed by atoms with Gasteiger partial charge in [-0.3, -0.25) is 0 Å². The minimum Gasteiger partial charge on any atom is -0.444 e. The fourth-order valence-corrected chi connectivity index (χ4v) is 1.67. The molecule has 0 aromatic rings. The zero-order chi connectivity index (χ0) is 15.8. The Morgan fingerprint density at radius 2 is 1.80 bits per heavy atom. The van der Waals surface area contributed by atoms with Crippen molar-refractivity contribution >= 4 is 6.09 Å². The highest BCUT2D eigenvalue weighted by Crippen LogP contribution is 2.10. The molecule has 0 rings (SSSR count). The lowest BCUT2D eigenvalue weighted by Gasteiger charge is -2.24. The van der Waals surface area contributed by atoms with E-state index in [4.69, 9.17) is 4.74 Å². The Kier molecular flexibility index (Phi) is 8.81. The second kappa shape index (κ2) is 9.19. The first kappa shape index (κ1) is 19.2. The van der Waals surface area contributed by atoms with Gasteiger partial charge in [0.05, 0.1) is 6.10 Å². The van der Waals surface area contributed by atoms with Gasteiger partial charge in [-0.1, -0.05) is 13.8 Å². The van der Waals surface area contributed by atoms with Crippen LogP contribution in [0, 0.1) is 11.8 Å². The molecule has 0 bridgehead atoms. The number of ether oxygens (including phenoxy) is 1. The Hall–Kier alpha value is -0.810. The normalized spacial score (nSPS) is 15.0. The molecule has 0 spiro atoms. The first-order chi connectivity index (χ1) is 9.11. The molecule has 1 amide bonds. The van der Waals surface area contributed by atoms with Crippen molar-refractivity contribution in [2.24, 2.45) is 11.8 Å². The second-order valence-corrected chi connectivity index (χ2v) is 6.73. The van der Waals surface area contributed by atoms with Crippen molar-refractivity contribution < 1.29 is 14.6 Å². The van der Waals surface area contributed by atoms with Gasteiger partial charge < -0.3 is 20.5 Å². The van der Waals surface area contributed by atoms with Crippen molar-refractivity contribution in [2.75, 3.05) is 19.6 Å². The van der Waals surface area contributed by atoms with E-state index in [0.717, 1.165) is 19.5 Å². The summed E-state index contributed by atoms with van der Waals surface area (Å²) in [6.45, 7) is 13.8. The van der Waals surface area contributed by atoms with Crippen molar-refractivity contribution in [1.29, 1.82) is 0 Å². The van der Waals surface area contributed by atoms with Crippen LogP contribution in [0.5, 0.6) is 0 Å². The topological polar surface area (TPSA) is 70.6 Å². The molecule has 0 aromatic heterocycles. The first-order valence-corrected chi connectivity index (χ1v) is 7.47. The van der Waals surface area contributed by atoms with Gasteiger partial charge >= 0.3 is 6.09 Å². The van der Waals surface area contributed by atoms with Crippen LogP contribution in [0.1, 0.15) is 48.0 Å². The molecule has 0 saturated heterocycles. The molecule has 20 heavy (non-hydrogen) atoms. The number of aliphatic hydroxyl groups excluding tert-OH is 1. The van der Waals surface area contributed by atoms with Crippen LogP contribution in [0.4, 0.5) is 4.79 Å². The minimum absolute atomic E-state index is 0.278. The van der Waals surface area contributed by atoms with E-state index in [1.165, 1.54) is 0 Å². The molecule has 0 saturated carbocycles. The fraction of sp³-hybridized carbons (Fsp3) is 0.933. The van der Waals surface area contributed by atoms with Gasteiger partial charge in [0.15, 0.2) is 0 Å². The molecule has 0 aliphatic carbocycles. The number of alkyl carbamates (subject to hydrolysis) is 1. The number of nitrogens with one attached hydrogen (secondary N) is 2. The van der Waals surface area contributed by atoms with Crippen molar-refractivity contribution in [3.8, 4) is 0 Å². The van der Waals surface area contributed by atoms with Crippen LogP contribution in [0.2, 0.25) is 0 Å². The molecule has 120 valence electrons. The molecule has 0 radical (unpaired) electrons. The Balaban J connectivity index is 4.00. The lowest BCUT2D eigenvalue weighted by Crippen LogP contribution is -2.40. The Bertz CT molecular complexity index is 273. The maximum Gasteiger partial charge on any atom is 0.407 e. The maximum absolute atomic E-state index is 11.6. The minimum atomic E-state index is -0.465. The lowest BCUT2D eigenvalue weighted by molar-refractivity contribution is 0.0515. The van der Waals surface area contributed by atoms with Crippen LogP contribution in [0.3, 0.4) is 0 Å². The van der Waals surface area contributed by atoms with E-state index in [2.05, 4.69) is 24.5 Å². The zero-order valence-electron chi connectivity index (χ0n) is 13.8. The van der Waals surface area contributed by atoms with Crippen LogP contribution in [0.25, 0.3) is 0 Å². The molecule has 3 N–H and O–H groups in total. The van der Waals surface area contributed by atoms with E-state index in [-0.39, 0.29) is 12.2 Å². The van der Waals surface area contributed by atoms with Crippen molar-refractivity contribution in [3.63, 3.8) is 0 Å². The van der Waals surface area contributed by atoms with E-state index in [1.807, 2.05) is 20.8 Å². The third-order valence-corrected chi connectivity index (χ3v) is 3.00. The number of hydrogen-bond donors (Lipinski definition) is 3. The summed E-state index contributed by atoms with van der Waals surface area (Å²) < 4.78 is 5.22. The Labute approximate surface area is 123 Å². The largest absolute Gasteiger partial charge is 0.444 e. The van der Waals surface area contributed by atoms with Crippen LogP contribution in [0.15, 0.2) is 0 Å². The summed E-state index contributed by atoms with van der Waals surface area (Å²) in [5, 5.41) is 15.3. The van der Waals surface area contributed by atoms with E-state index >= 15 is 0 Å². The molecule has 5 nitrogen and oxygen atoms in total. The molecule has 0 fully saturated rings. The predicted molar refractivity (Wildman–Crippen MR) is 81.7 cm³/mol. The zero-order valence-corrected chi connectivity index (χ0v) is 13.8. The van der Waals surface area contributed by atoms with Gasteiger partial charge in [0.25, 0.3) is 0 Å². The van der Waals surface area contributed by atoms with Crippen molar-refractivity contribution in [1.82, 2.24) is 10.6 Å². The van der Waals surface area contributed by atoms with Gasteiger partial charge in [-0.05, 0) is 59.0 Å². The third-order valence-electron chi connectivity index (χ3n) is 3.00. The van der Waals surface area contributed by atoms with Gasteiger partial charge in [0, 0.05) is 6.54 Å². The summed E-state index contributed by atoms with van der Waals surface area (Å²) in [6, 6.07) is 0. The molecular formula is C15H32N2O3. The molecular weight excluding hydrogens is 256 g/mol. The molecule has 2 unspecified atom stereocenters. The summed E-state index contributed by atoms with van der Waals surface area (Å²) in [4.78, 5) is 11.6. The molecule has 5 heteroatoms. The second-order valence-electron chi connectivity index (χ2n) is 6.73. The third kappa shape index (κ3) is 11.1. The average molecular weight is 288 g/mol. The van der Waals surface area contributed by atoms with Crippen LogP contribution >= 0.6 is 0 Å². The fourth-order valence-electron chi connectivity index (χ4n) is 1.67. The molecule has 0 heterocycles. The number of hydrogen-bond acceptors (Lipinski definition) is 4. The smallest absolute Gasteiger partial charge is 0.407 e. The van der Waals surface area contributed by atoms with Crippen LogP contribution in [-0.4, -0.2) is 42.5 Å². The van der Waals surface area contributed by atoms with Gasteiger partial charge in [-0.2, -0.15) is 0 Å². The Morgan fingerprint density at radius 3 is 2.25 bits per heavy atom. The number of rotatable bonds is 8. The Morgan fingerprint density at radius 1 is 1.20 bits per heavy atom. The number of amides is 1. The summed E-state index contributed by atoms with van der Waals surface area (Å²) in [7, 11) is 0. The molecule has 0 aliphatic rings. The molecule has 0 aromatic carbocycles. The highest BCUT2D eigenvalue weighted by Gasteiger charge is 2.18. The highest BCUT2D eigenvalue weighted by molar-refractivity contribution is 5.67. The summed E-state index contributed by atoms with van der Waals surface area (Å²) in [5.74, 6) is 0.806. The van der Waals surface area contributed by atoms with Crippen molar-refractivity contribution in [3.05, 3.63) is 0 Å². The molecule has 2 atom stereocenters. The van der Waals surface area contributed by atoms with E-state index in [9.17, 15) is 9.90 Å². The van der Waals surface area contributed by atoms with E-state index < -0.39 is 5.60 Å². The van der Waals surface area contributed by atoms with Gasteiger partial charge in [0.1, 0.15) is 5.60 Å². The first-order valence-electron chi connectivity index (χ1n) is 7.47. The van der Waals surface area contributed by atoms with Crippen molar-refractivity contribution in [2.45, 2.75) is 59.7 Å². The van der Waals surface area contributed by atoms with Crippen LogP contribution < -0.4 is 10.6 Å². The summed E-state index contributed by atoms with van der Waals surface area (Å²) >= 11 is 0. The van der Waals surface area contributed by atoms with E-state index in [1.54, 1.807) is 6.92 Å². The van der Waals surface area contributed by atoms with Gasteiger partial charge in [-0.25, -0.2) is 4.79 Å².